The molecule has 8 rings (SSSR count). The van der Waals surface area contributed by atoms with Crippen molar-refractivity contribution in [3.05, 3.63) is 119 Å². The van der Waals surface area contributed by atoms with E-state index in [1.807, 2.05) is 35.2 Å². The first-order chi connectivity index (χ1) is 33.5. The molecule has 4 N–H and O–H groups in total. The highest BCUT2D eigenvalue weighted by Crippen LogP contribution is 2.44. The molecule has 5 aromatic rings. The van der Waals surface area contributed by atoms with Gasteiger partial charge >= 0.3 is 0 Å². The second-order valence-corrected chi connectivity index (χ2v) is 18.5. The summed E-state index contributed by atoms with van der Waals surface area (Å²) in [5, 5.41) is 13.5. The van der Waals surface area contributed by atoms with E-state index in [4.69, 9.17) is 25.8 Å². The van der Waals surface area contributed by atoms with Gasteiger partial charge in [0.25, 0.3) is 17.6 Å². The molecule has 69 heavy (non-hydrogen) atoms. The molecular formula is C53H61ClN8O7. The number of piperidine rings is 1. The second kappa shape index (κ2) is 22.7. The van der Waals surface area contributed by atoms with Crippen molar-refractivity contribution in [3.8, 4) is 23.3 Å². The SMILES string of the molecule is CC[C@H]1CN(c2ccc(CCNC(=O)c3cnc4c(ccn4CC(=O)NCCOCCNC(=O)C#Cc4ccc5c(c4)OC4(CCN(C(=O)[C@H](c6ccc(Cl)cc6)C(C)C)CC4)O5)c3)cc2)CCN1. The Balaban J connectivity index is 0.694. The number of likely N-dealkylation sites (tertiary alicyclic amines) is 1. The van der Waals surface area contributed by atoms with Crippen LogP contribution in [-0.2, 0) is 32.1 Å². The van der Waals surface area contributed by atoms with Crippen LogP contribution in [0.1, 0.15) is 73.0 Å². The van der Waals surface area contributed by atoms with Crippen LogP contribution >= 0.6 is 11.6 Å². The minimum atomic E-state index is -0.861. The monoisotopic (exact) mass is 956 g/mol. The van der Waals surface area contributed by atoms with Crippen LogP contribution in [0.4, 0.5) is 5.69 Å². The van der Waals surface area contributed by atoms with Gasteiger partial charge in [-0.1, -0.05) is 62.6 Å². The quantitative estimate of drug-likeness (QED) is 0.0673. The summed E-state index contributed by atoms with van der Waals surface area (Å²) >= 11 is 6.10. The standard InChI is InChI=1S/C53H61ClN8O7/c1-4-43-34-61(28-22-55-43)44-13-5-37(6-14-44)17-21-58-51(65)41-32-40-18-25-62(50(40)59-33-41)35-48(64)57-24-30-67-29-23-56-47(63)16-8-38-7-15-45-46(31-38)69-53(68-45)19-26-60(27-20-53)52(66)49(36(2)3)39-9-11-42(54)12-10-39/h5-7,9-15,18,25,31-33,36,43,49,55H,4,17,19-24,26-30,34-35H2,1-3H3,(H,56,63)(H,57,64)(H,58,65)/t43-,49-/m0/s1. The van der Waals surface area contributed by atoms with Gasteiger partial charge in [0, 0.05) is 111 Å². The van der Waals surface area contributed by atoms with Gasteiger partial charge in [-0.3, -0.25) is 19.2 Å². The number of ether oxygens (including phenoxy) is 3. The zero-order valence-corrected chi connectivity index (χ0v) is 40.3. The molecule has 0 aliphatic carbocycles. The maximum atomic E-state index is 13.7. The smallest absolute Gasteiger partial charge is 0.296 e. The van der Waals surface area contributed by atoms with Crippen molar-refractivity contribution in [3.63, 3.8) is 0 Å². The van der Waals surface area contributed by atoms with Gasteiger partial charge in [-0.2, -0.15) is 0 Å². The van der Waals surface area contributed by atoms with Crippen LogP contribution in [0.15, 0.2) is 91.3 Å². The minimum Gasteiger partial charge on any atom is -0.448 e. The summed E-state index contributed by atoms with van der Waals surface area (Å²) in [5.74, 6) is 4.86. The van der Waals surface area contributed by atoms with Crippen LogP contribution in [-0.4, -0.2) is 115 Å². The molecule has 2 atom stereocenters. The minimum absolute atomic E-state index is 0.0555. The summed E-state index contributed by atoms with van der Waals surface area (Å²) in [7, 11) is 0. The largest absolute Gasteiger partial charge is 0.448 e. The van der Waals surface area contributed by atoms with E-state index in [-0.39, 0.29) is 62.4 Å². The number of hydrogen-bond donors (Lipinski definition) is 4. The van der Waals surface area contributed by atoms with E-state index in [1.54, 1.807) is 35.0 Å². The number of halogens is 1. The lowest BCUT2D eigenvalue weighted by atomic mass is 9.86. The van der Waals surface area contributed by atoms with Crippen LogP contribution in [0, 0.1) is 17.8 Å². The lowest BCUT2D eigenvalue weighted by molar-refractivity contribution is -0.148. The summed E-state index contributed by atoms with van der Waals surface area (Å²) in [5.41, 5.74) is 5.00. The third-order valence-corrected chi connectivity index (χ3v) is 13.1. The fraction of sp³-hybridized carbons (Fsp3) is 0.415. The van der Waals surface area contributed by atoms with Crippen molar-refractivity contribution in [1.29, 1.82) is 0 Å². The highest BCUT2D eigenvalue weighted by molar-refractivity contribution is 6.30. The molecule has 16 heteroatoms. The van der Waals surface area contributed by atoms with Crippen molar-refractivity contribution in [1.82, 2.24) is 35.7 Å². The van der Waals surface area contributed by atoms with E-state index in [1.165, 1.54) is 11.9 Å². The zero-order chi connectivity index (χ0) is 48.3. The molecule has 0 saturated carbocycles. The van der Waals surface area contributed by atoms with Crippen LogP contribution in [0.25, 0.3) is 11.0 Å². The molecule has 15 nitrogen and oxygen atoms in total. The van der Waals surface area contributed by atoms with Gasteiger partial charge < -0.3 is 49.8 Å². The number of benzene rings is 3. The summed E-state index contributed by atoms with van der Waals surface area (Å²) in [6.45, 7) is 11.9. The number of carbonyl (C=O) groups is 4. The Labute approximate surface area is 408 Å². The average Bonchev–Trinajstić information content (AvgIpc) is 3.93. The van der Waals surface area contributed by atoms with Crippen molar-refractivity contribution in [2.45, 2.75) is 70.7 Å². The van der Waals surface area contributed by atoms with E-state index in [0.717, 1.165) is 49.0 Å². The number of pyridine rings is 1. The number of nitrogens with zero attached hydrogens (tertiary/aromatic N) is 4. The molecule has 1 spiro atoms. The maximum absolute atomic E-state index is 13.7. The van der Waals surface area contributed by atoms with Gasteiger partial charge in [0.1, 0.15) is 12.2 Å². The van der Waals surface area contributed by atoms with E-state index in [0.29, 0.717) is 71.8 Å². The number of piperazine rings is 1. The highest BCUT2D eigenvalue weighted by Gasteiger charge is 2.46. The molecular weight excluding hydrogens is 896 g/mol. The summed E-state index contributed by atoms with van der Waals surface area (Å²) < 4.78 is 19.9. The van der Waals surface area contributed by atoms with Gasteiger partial charge in [0.15, 0.2) is 11.5 Å². The number of hydrogen-bond acceptors (Lipinski definition) is 10. The van der Waals surface area contributed by atoms with Crippen molar-refractivity contribution in [2.24, 2.45) is 5.92 Å². The molecule has 3 aliphatic rings. The number of carbonyl (C=O) groups excluding carboxylic acids is 4. The third-order valence-electron chi connectivity index (χ3n) is 12.9. The first-order valence-corrected chi connectivity index (χ1v) is 24.3. The molecule has 0 bridgehead atoms. The topological polar surface area (TPSA) is 168 Å². The molecule has 3 aromatic carbocycles. The Morgan fingerprint density at radius 3 is 2.41 bits per heavy atom. The number of anilines is 1. The Morgan fingerprint density at radius 2 is 1.65 bits per heavy atom. The summed E-state index contributed by atoms with van der Waals surface area (Å²) in [6.07, 6.45) is 6.17. The number of nitrogens with one attached hydrogen (secondary N) is 4. The van der Waals surface area contributed by atoms with Crippen LogP contribution in [0.3, 0.4) is 0 Å². The average molecular weight is 958 g/mol. The molecule has 2 fully saturated rings. The van der Waals surface area contributed by atoms with Gasteiger partial charge in [0.2, 0.25) is 11.8 Å². The summed E-state index contributed by atoms with van der Waals surface area (Å²) in [4.78, 5) is 60.6. The Kier molecular flexibility index (Phi) is 16.0. The normalized spacial score (nSPS) is 16.5. The fourth-order valence-corrected chi connectivity index (χ4v) is 9.19. The predicted octanol–water partition coefficient (Wildman–Crippen LogP) is 5.68. The van der Waals surface area contributed by atoms with Gasteiger partial charge in [0.05, 0.1) is 24.7 Å². The maximum Gasteiger partial charge on any atom is 0.296 e. The third kappa shape index (κ3) is 12.5. The predicted molar refractivity (Wildman–Crippen MR) is 265 cm³/mol. The van der Waals surface area contributed by atoms with E-state index >= 15 is 0 Å². The van der Waals surface area contributed by atoms with E-state index < -0.39 is 11.7 Å². The molecule has 3 aliphatic heterocycles. The first-order valence-electron chi connectivity index (χ1n) is 24.0. The molecule has 2 aromatic heterocycles. The van der Waals surface area contributed by atoms with Gasteiger partial charge in [-0.15, -0.1) is 0 Å². The lowest BCUT2D eigenvalue weighted by Crippen LogP contribution is -2.52. The number of rotatable bonds is 17. The molecule has 5 heterocycles. The number of aromatic nitrogens is 2. The molecule has 4 amide bonds. The van der Waals surface area contributed by atoms with Crippen LogP contribution in [0.5, 0.6) is 11.5 Å². The van der Waals surface area contributed by atoms with Crippen molar-refractivity contribution >= 4 is 52.0 Å². The molecule has 0 radical (unpaired) electrons. The number of fused-ring (bicyclic) bond motifs is 2. The second-order valence-electron chi connectivity index (χ2n) is 18.1. The molecule has 0 unspecified atom stereocenters. The van der Waals surface area contributed by atoms with Gasteiger partial charge in [-0.25, -0.2) is 4.98 Å². The van der Waals surface area contributed by atoms with Gasteiger partial charge in [-0.05, 0) is 84.5 Å². The Bertz CT molecular complexity index is 2670. The van der Waals surface area contributed by atoms with Crippen LogP contribution < -0.4 is 35.6 Å². The Morgan fingerprint density at radius 1 is 0.899 bits per heavy atom. The first kappa shape index (κ1) is 48.8. The van der Waals surface area contributed by atoms with E-state index in [9.17, 15) is 19.2 Å². The highest BCUT2D eigenvalue weighted by atomic mass is 35.5. The number of amides is 4. The van der Waals surface area contributed by atoms with E-state index in [2.05, 4.69) is 88.0 Å². The zero-order valence-electron chi connectivity index (χ0n) is 39.5. The van der Waals surface area contributed by atoms with Crippen molar-refractivity contribution < 1.29 is 33.4 Å². The summed E-state index contributed by atoms with van der Waals surface area (Å²) in [6, 6.07) is 25.5. The van der Waals surface area contributed by atoms with Crippen LogP contribution in [0.2, 0.25) is 5.02 Å². The fourth-order valence-electron chi connectivity index (χ4n) is 9.07. The Hall–Kier alpha value is -6.60. The lowest BCUT2D eigenvalue weighted by Gasteiger charge is -2.39. The van der Waals surface area contributed by atoms with Crippen molar-refractivity contribution in [2.75, 3.05) is 70.5 Å². The molecule has 2 saturated heterocycles. The molecule has 362 valence electrons.